The van der Waals surface area contributed by atoms with E-state index in [2.05, 4.69) is 10.1 Å². The Morgan fingerprint density at radius 1 is 1.00 bits per heavy atom. The van der Waals surface area contributed by atoms with Crippen LogP contribution in [0.1, 0.15) is 5.56 Å². The number of benzene rings is 2. The summed E-state index contributed by atoms with van der Waals surface area (Å²) >= 11 is 0. The Kier molecular flexibility index (Phi) is 4.45. The molecular formula is C14H11F4NO. The van der Waals surface area contributed by atoms with Gasteiger partial charge in [0.05, 0.1) is 0 Å². The lowest BCUT2D eigenvalue weighted by Gasteiger charge is -2.12. The van der Waals surface area contributed by atoms with Crippen LogP contribution in [0.15, 0.2) is 42.5 Å². The Bertz CT molecular complexity index is 569. The summed E-state index contributed by atoms with van der Waals surface area (Å²) in [5, 5.41) is 2.75. The zero-order chi connectivity index (χ0) is 14.5. The molecule has 2 rings (SSSR count). The molecular weight excluding hydrogens is 274 g/mol. The maximum Gasteiger partial charge on any atom is 0.387 e. The molecule has 0 saturated carbocycles. The van der Waals surface area contributed by atoms with Gasteiger partial charge >= 0.3 is 6.61 Å². The van der Waals surface area contributed by atoms with E-state index < -0.39 is 18.2 Å². The summed E-state index contributed by atoms with van der Waals surface area (Å²) in [5.41, 5.74) is 0.673. The third kappa shape index (κ3) is 3.88. The summed E-state index contributed by atoms with van der Waals surface area (Å²) in [4.78, 5) is 0. The Hall–Kier alpha value is -2.24. The average Bonchev–Trinajstić information content (AvgIpc) is 2.36. The Morgan fingerprint density at radius 3 is 2.30 bits per heavy atom. The van der Waals surface area contributed by atoms with E-state index in [0.717, 1.165) is 18.2 Å². The van der Waals surface area contributed by atoms with Gasteiger partial charge in [-0.2, -0.15) is 8.78 Å². The normalized spacial score (nSPS) is 10.7. The van der Waals surface area contributed by atoms with Crippen molar-refractivity contribution in [3.63, 3.8) is 0 Å². The van der Waals surface area contributed by atoms with Crippen LogP contribution in [-0.4, -0.2) is 6.61 Å². The van der Waals surface area contributed by atoms with Crippen LogP contribution in [-0.2, 0) is 6.54 Å². The molecule has 0 amide bonds. The maximum absolute atomic E-state index is 13.0. The first-order valence-corrected chi connectivity index (χ1v) is 5.77. The van der Waals surface area contributed by atoms with Gasteiger partial charge in [-0.05, 0) is 18.2 Å². The van der Waals surface area contributed by atoms with Crippen molar-refractivity contribution < 1.29 is 22.3 Å². The fraction of sp³-hybridized carbons (Fsp3) is 0.143. The smallest absolute Gasteiger partial charge is 0.387 e. The lowest BCUT2D eigenvalue weighted by atomic mass is 10.2. The van der Waals surface area contributed by atoms with Crippen molar-refractivity contribution in [2.24, 2.45) is 0 Å². The van der Waals surface area contributed by atoms with E-state index in [1.54, 1.807) is 18.2 Å². The number of ether oxygens (including phenoxy) is 1. The predicted octanol–water partition coefficient (Wildman–Crippen LogP) is 4.18. The van der Waals surface area contributed by atoms with Crippen molar-refractivity contribution in [2.45, 2.75) is 13.2 Å². The third-order valence-electron chi connectivity index (χ3n) is 2.53. The molecule has 0 unspecified atom stereocenters. The number of alkyl halides is 2. The van der Waals surface area contributed by atoms with Gasteiger partial charge in [0.1, 0.15) is 17.4 Å². The minimum absolute atomic E-state index is 0.0203. The Morgan fingerprint density at radius 2 is 1.65 bits per heavy atom. The van der Waals surface area contributed by atoms with Gasteiger partial charge in [-0.25, -0.2) is 8.78 Å². The fourth-order valence-corrected chi connectivity index (χ4v) is 1.71. The summed E-state index contributed by atoms with van der Waals surface area (Å²) in [5.74, 6) is -1.42. The van der Waals surface area contributed by atoms with E-state index in [1.165, 1.54) is 6.07 Å². The van der Waals surface area contributed by atoms with E-state index >= 15 is 0 Å². The number of anilines is 1. The number of hydrogen-bond acceptors (Lipinski definition) is 2. The molecule has 2 aromatic rings. The topological polar surface area (TPSA) is 21.3 Å². The first-order valence-electron chi connectivity index (χ1n) is 5.77. The van der Waals surface area contributed by atoms with Crippen LogP contribution < -0.4 is 10.1 Å². The molecule has 0 atom stereocenters. The fourth-order valence-electron chi connectivity index (χ4n) is 1.71. The SMILES string of the molecule is Fc1cc(F)cc(NCc2ccccc2OC(F)F)c1. The minimum Gasteiger partial charge on any atom is -0.434 e. The minimum atomic E-state index is -2.93. The third-order valence-corrected chi connectivity index (χ3v) is 2.53. The lowest BCUT2D eigenvalue weighted by Crippen LogP contribution is -2.07. The monoisotopic (exact) mass is 285 g/mol. The van der Waals surface area contributed by atoms with E-state index in [-0.39, 0.29) is 18.0 Å². The Balaban J connectivity index is 2.10. The van der Waals surface area contributed by atoms with E-state index in [9.17, 15) is 17.6 Å². The van der Waals surface area contributed by atoms with Crippen molar-refractivity contribution in [1.29, 1.82) is 0 Å². The van der Waals surface area contributed by atoms with Gasteiger partial charge in [0.25, 0.3) is 0 Å². The van der Waals surface area contributed by atoms with Gasteiger partial charge in [-0.15, -0.1) is 0 Å². The van der Waals surface area contributed by atoms with Gasteiger partial charge in [0.2, 0.25) is 0 Å². The molecule has 0 spiro atoms. The van der Waals surface area contributed by atoms with E-state index in [4.69, 9.17) is 0 Å². The molecule has 0 bridgehead atoms. The molecule has 0 aliphatic carbocycles. The molecule has 2 aromatic carbocycles. The molecule has 0 saturated heterocycles. The standard InChI is InChI=1S/C14H11F4NO/c15-10-5-11(16)7-12(6-10)19-8-9-3-1-2-4-13(9)20-14(17)18/h1-7,14,19H,8H2. The van der Waals surface area contributed by atoms with Gasteiger partial charge in [-0.1, -0.05) is 18.2 Å². The highest BCUT2D eigenvalue weighted by Gasteiger charge is 2.09. The first-order chi connectivity index (χ1) is 9.54. The molecule has 0 heterocycles. The molecule has 2 nitrogen and oxygen atoms in total. The van der Waals surface area contributed by atoms with Crippen molar-refractivity contribution >= 4 is 5.69 Å². The number of halogens is 4. The molecule has 106 valence electrons. The predicted molar refractivity (Wildman–Crippen MR) is 66.8 cm³/mol. The summed E-state index contributed by atoms with van der Waals surface area (Å²) < 4.78 is 54.8. The molecule has 0 radical (unpaired) electrons. The van der Waals surface area contributed by atoms with Crippen LogP contribution in [0.5, 0.6) is 5.75 Å². The number of para-hydroxylation sites is 1. The highest BCUT2D eigenvalue weighted by molar-refractivity contribution is 5.45. The van der Waals surface area contributed by atoms with Crippen LogP contribution in [0.4, 0.5) is 23.2 Å². The first kappa shape index (κ1) is 14.2. The number of hydrogen-bond donors (Lipinski definition) is 1. The second kappa shape index (κ2) is 6.27. The highest BCUT2D eigenvalue weighted by atomic mass is 19.3. The quantitative estimate of drug-likeness (QED) is 0.832. The van der Waals surface area contributed by atoms with Crippen LogP contribution in [0, 0.1) is 11.6 Å². The molecule has 0 fully saturated rings. The van der Waals surface area contributed by atoms with E-state index in [1.807, 2.05) is 0 Å². The molecule has 0 aliphatic rings. The lowest BCUT2D eigenvalue weighted by molar-refractivity contribution is -0.0504. The zero-order valence-corrected chi connectivity index (χ0v) is 10.2. The molecule has 0 aromatic heterocycles. The molecule has 20 heavy (non-hydrogen) atoms. The summed E-state index contributed by atoms with van der Waals surface area (Å²) in [6, 6.07) is 9.17. The van der Waals surface area contributed by atoms with Crippen molar-refractivity contribution in [1.82, 2.24) is 0 Å². The van der Waals surface area contributed by atoms with Crippen LogP contribution in [0.3, 0.4) is 0 Å². The number of rotatable bonds is 5. The van der Waals surface area contributed by atoms with Gasteiger partial charge < -0.3 is 10.1 Å². The molecule has 1 N–H and O–H groups in total. The second-order valence-electron chi connectivity index (χ2n) is 4.00. The van der Waals surface area contributed by atoms with E-state index in [0.29, 0.717) is 5.56 Å². The van der Waals surface area contributed by atoms with Crippen molar-refractivity contribution in [3.8, 4) is 5.75 Å². The average molecular weight is 285 g/mol. The molecule has 0 aliphatic heterocycles. The second-order valence-corrected chi connectivity index (χ2v) is 4.00. The molecule has 6 heteroatoms. The van der Waals surface area contributed by atoms with Crippen LogP contribution in [0.25, 0.3) is 0 Å². The van der Waals surface area contributed by atoms with Gasteiger partial charge in [0.15, 0.2) is 0 Å². The highest BCUT2D eigenvalue weighted by Crippen LogP contribution is 2.22. The van der Waals surface area contributed by atoms with Crippen LogP contribution in [0.2, 0.25) is 0 Å². The van der Waals surface area contributed by atoms with Crippen molar-refractivity contribution in [3.05, 3.63) is 59.7 Å². The van der Waals surface area contributed by atoms with Gasteiger partial charge in [-0.3, -0.25) is 0 Å². The summed E-state index contributed by atoms with van der Waals surface area (Å²) in [7, 11) is 0. The van der Waals surface area contributed by atoms with Crippen molar-refractivity contribution in [2.75, 3.05) is 5.32 Å². The maximum atomic E-state index is 13.0. The van der Waals surface area contributed by atoms with Crippen LogP contribution >= 0.6 is 0 Å². The summed E-state index contributed by atoms with van der Waals surface area (Å²) in [6.45, 7) is -2.83. The Labute approximate surface area is 113 Å². The largest absolute Gasteiger partial charge is 0.434 e. The number of nitrogens with one attached hydrogen (secondary N) is 1. The van der Waals surface area contributed by atoms with Gasteiger partial charge in [0, 0.05) is 23.9 Å². The summed E-state index contributed by atoms with van der Waals surface area (Å²) in [6.07, 6.45) is 0. The zero-order valence-electron chi connectivity index (χ0n) is 10.2.